The summed E-state index contributed by atoms with van der Waals surface area (Å²) in [6.07, 6.45) is 7.61. The first-order valence-electron chi connectivity index (χ1n) is 11.4. The Labute approximate surface area is 203 Å². The van der Waals surface area contributed by atoms with Gasteiger partial charge in [-0.3, -0.25) is 14.4 Å². The Kier molecular flexibility index (Phi) is 5.47. The van der Waals surface area contributed by atoms with E-state index in [9.17, 15) is 14.4 Å². The number of ketones is 1. The van der Waals surface area contributed by atoms with Crippen molar-refractivity contribution in [3.63, 3.8) is 0 Å². The highest BCUT2D eigenvalue weighted by atomic mass is 32.1. The lowest BCUT2D eigenvalue weighted by Crippen LogP contribution is -2.63. The Morgan fingerprint density at radius 3 is 2.53 bits per heavy atom. The standard InChI is InChI=1S/C24H30O6.2H2S/c1-21-7-4-14(25)10-13(21)11-15(20(27)28-3)19-16-5-8-23(9-6-18(26)30-23)22(16,2)12-17-24(19,21)29-17;;/h10,15-17,19H,4-9,11-12H2,1-3H3;2*1H2/t15-,16?,17-,19+,21+,22+,23-,24?;;/m1../s1. The molecule has 32 heavy (non-hydrogen) atoms. The van der Waals surface area contributed by atoms with E-state index >= 15 is 0 Å². The number of ether oxygens (including phenoxy) is 3. The lowest BCUT2D eigenvalue weighted by Gasteiger charge is -2.58. The Hall–Kier alpha value is -0.990. The molecule has 2 saturated heterocycles. The quantitative estimate of drug-likeness (QED) is 0.421. The van der Waals surface area contributed by atoms with Gasteiger partial charge in [0.15, 0.2) is 5.78 Å². The van der Waals surface area contributed by atoms with Crippen molar-refractivity contribution in [1.82, 2.24) is 0 Å². The van der Waals surface area contributed by atoms with Crippen LogP contribution in [-0.2, 0) is 28.6 Å². The maximum absolute atomic E-state index is 13.0. The summed E-state index contributed by atoms with van der Waals surface area (Å²) in [6.45, 7) is 4.51. The van der Waals surface area contributed by atoms with Gasteiger partial charge < -0.3 is 14.2 Å². The summed E-state index contributed by atoms with van der Waals surface area (Å²) in [7, 11) is 1.45. The third-order valence-electron chi connectivity index (χ3n) is 10.2. The highest BCUT2D eigenvalue weighted by Crippen LogP contribution is 2.78. The molecule has 178 valence electrons. The van der Waals surface area contributed by atoms with Crippen molar-refractivity contribution >= 4 is 44.7 Å². The summed E-state index contributed by atoms with van der Waals surface area (Å²) in [5, 5.41) is 0. The van der Waals surface area contributed by atoms with Crippen LogP contribution in [0.5, 0.6) is 0 Å². The predicted octanol–water partition coefficient (Wildman–Crippen LogP) is 3.35. The average Bonchev–Trinajstić information content (AvgIpc) is 3.20. The van der Waals surface area contributed by atoms with Crippen LogP contribution in [0.1, 0.15) is 65.2 Å². The SMILES string of the molecule is COC(=O)[C@@H]1CC2=CC(=O)CC[C@]2(C)C23O[C@@H]2C[C@@]2(C)C(CC[C@@]24CCC(=O)O4)[C@H]13.S.S. The topological polar surface area (TPSA) is 82.2 Å². The highest BCUT2D eigenvalue weighted by molar-refractivity contribution is 7.59. The fourth-order valence-electron chi connectivity index (χ4n) is 8.69. The second-order valence-electron chi connectivity index (χ2n) is 11.0. The molecule has 0 bridgehead atoms. The number of epoxide rings is 1. The number of carbonyl (C=O) groups is 3. The molecule has 0 amide bonds. The second kappa shape index (κ2) is 7.25. The fourth-order valence-corrected chi connectivity index (χ4v) is 8.69. The molecule has 0 N–H and O–H groups in total. The molecule has 0 aromatic carbocycles. The molecule has 0 aromatic heterocycles. The number of hydrogen-bond donors (Lipinski definition) is 0. The molecular formula is C24H34O6S2. The van der Waals surface area contributed by atoms with Crippen molar-refractivity contribution in [2.75, 3.05) is 7.11 Å². The summed E-state index contributed by atoms with van der Waals surface area (Å²) >= 11 is 0. The van der Waals surface area contributed by atoms with Gasteiger partial charge in [-0.15, -0.1) is 0 Å². The Morgan fingerprint density at radius 2 is 1.88 bits per heavy atom. The van der Waals surface area contributed by atoms with Crippen LogP contribution in [0.25, 0.3) is 0 Å². The van der Waals surface area contributed by atoms with Crippen LogP contribution < -0.4 is 0 Å². The summed E-state index contributed by atoms with van der Waals surface area (Å²) in [5.41, 5.74) is -0.175. The summed E-state index contributed by atoms with van der Waals surface area (Å²) in [5.74, 6) is -0.201. The summed E-state index contributed by atoms with van der Waals surface area (Å²) in [4.78, 5) is 37.4. The van der Waals surface area contributed by atoms with Crippen LogP contribution in [0.2, 0.25) is 0 Å². The summed E-state index contributed by atoms with van der Waals surface area (Å²) < 4.78 is 17.9. The molecule has 0 radical (unpaired) electrons. The molecule has 2 heterocycles. The van der Waals surface area contributed by atoms with Crippen molar-refractivity contribution < 1.29 is 28.6 Å². The van der Waals surface area contributed by atoms with Crippen molar-refractivity contribution in [2.24, 2.45) is 28.6 Å². The van der Waals surface area contributed by atoms with Crippen molar-refractivity contribution in [2.45, 2.75) is 82.5 Å². The number of esters is 2. The number of fused-ring (bicyclic) bond motifs is 4. The number of rotatable bonds is 1. The van der Waals surface area contributed by atoms with E-state index in [-0.39, 0.29) is 79.4 Å². The van der Waals surface area contributed by atoms with E-state index in [2.05, 4.69) is 13.8 Å². The average molecular weight is 483 g/mol. The molecule has 8 heteroatoms. The number of methoxy groups -OCH3 is 1. The Balaban J connectivity index is 0.00000122. The largest absolute Gasteiger partial charge is 0.469 e. The molecule has 4 aliphatic carbocycles. The molecule has 6 aliphatic rings. The molecule has 5 fully saturated rings. The minimum atomic E-state index is -0.424. The summed E-state index contributed by atoms with van der Waals surface area (Å²) in [6, 6.07) is 0. The van der Waals surface area contributed by atoms with E-state index in [1.54, 1.807) is 6.08 Å². The van der Waals surface area contributed by atoms with E-state index in [1.807, 2.05) is 0 Å². The molecule has 6 nitrogen and oxygen atoms in total. The van der Waals surface area contributed by atoms with E-state index in [1.165, 1.54) is 7.11 Å². The van der Waals surface area contributed by atoms with Crippen molar-refractivity contribution in [3.8, 4) is 0 Å². The molecule has 2 aliphatic heterocycles. The first kappa shape index (κ1) is 24.1. The van der Waals surface area contributed by atoms with Gasteiger partial charge in [-0.25, -0.2) is 0 Å². The van der Waals surface area contributed by atoms with E-state index in [0.29, 0.717) is 19.3 Å². The van der Waals surface area contributed by atoms with Gasteiger partial charge in [0.1, 0.15) is 11.2 Å². The van der Waals surface area contributed by atoms with Gasteiger partial charge in [-0.05, 0) is 50.5 Å². The minimum Gasteiger partial charge on any atom is -0.469 e. The van der Waals surface area contributed by atoms with Crippen LogP contribution in [-0.4, -0.2) is 42.1 Å². The molecule has 8 atom stereocenters. The van der Waals surface area contributed by atoms with Gasteiger partial charge in [0, 0.05) is 29.6 Å². The van der Waals surface area contributed by atoms with Gasteiger partial charge in [-0.1, -0.05) is 19.4 Å². The lowest BCUT2D eigenvalue weighted by molar-refractivity contribution is -0.172. The van der Waals surface area contributed by atoms with Crippen LogP contribution >= 0.6 is 27.0 Å². The van der Waals surface area contributed by atoms with Crippen LogP contribution in [0.3, 0.4) is 0 Å². The highest BCUT2D eigenvalue weighted by Gasteiger charge is 2.83. The first-order chi connectivity index (χ1) is 14.2. The molecule has 2 spiro atoms. The van der Waals surface area contributed by atoms with Crippen LogP contribution in [0.15, 0.2) is 11.6 Å². The number of carbonyl (C=O) groups excluding carboxylic acids is 3. The molecule has 0 aromatic rings. The van der Waals surface area contributed by atoms with Crippen LogP contribution in [0, 0.1) is 28.6 Å². The van der Waals surface area contributed by atoms with E-state index < -0.39 is 11.2 Å². The number of hydrogen-bond acceptors (Lipinski definition) is 6. The monoisotopic (exact) mass is 482 g/mol. The zero-order valence-electron chi connectivity index (χ0n) is 19.0. The predicted molar refractivity (Wildman–Crippen MR) is 126 cm³/mol. The van der Waals surface area contributed by atoms with Crippen LogP contribution in [0.4, 0.5) is 0 Å². The molecule has 2 unspecified atom stereocenters. The van der Waals surface area contributed by atoms with Gasteiger partial charge in [-0.2, -0.15) is 27.0 Å². The molecular weight excluding hydrogens is 448 g/mol. The van der Waals surface area contributed by atoms with Gasteiger partial charge in [0.2, 0.25) is 0 Å². The molecule has 6 rings (SSSR count). The maximum atomic E-state index is 13.0. The fraction of sp³-hybridized carbons (Fsp3) is 0.792. The third kappa shape index (κ3) is 2.58. The smallest absolute Gasteiger partial charge is 0.309 e. The molecule has 3 saturated carbocycles. The van der Waals surface area contributed by atoms with E-state index in [0.717, 1.165) is 37.7 Å². The van der Waals surface area contributed by atoms with Gasteiger partial charge in [0.05, 0.1) is 19.1 Å². The van der Waals surface area contributed by atoms with E-state index in [4.69, 9.17) is 14.2 Å². The maximum Gasteiger partial charge on any atom is 0.309 e. The second-order valence-corrected chi connectivity index (χ2v) is 11.0. The zero-order valence-corrected chi connectivity index (χ0v) is 21.0. The zero-order chi connectivity index (χ0) is 21.1. The van der Waals surface area contributed by atoms with Crippen molar-refractivity contribution in [3.05, 3.63) is 11.6 Å². The normalized spacial score (nSPS) is 49.9. The van der Waals surface area contributed by atoms with Gasteiger partial charge in [0.25, 0.3) is 0 Å². The van der Waals surface area contributed by atoms with Crippen molar-refractivity contribution in [1.29, 1.82) is 0 Å². The Morgan fingerprint density at radius 1 is 1.12 bits per heavy atom. The third-order valence-corrected chi connectivity index (χ3v) is 10.2. The first-order valence-corrected chi connectivity index (χ1v) is 11.4. The Bertz CT molecular complexity index is 918. The lowest BCUT2D eigenvalue weighted by atomic mass is 9.43. The van der Waals surface area contributed by atoms with Gasteiger partial charge >= 0.3 is 11.9 Å². The minimum absolute atomic E-state index is 0.